The van der Waals surface area contributed by atoms with Crippen LogP contribution in [0.15, 0.2) is 23.8 Å². The number of carbonyl (C=O) groups excluding carboxylic acids is 4. The molecule has 0 bridgehead atoms. The highest BCUT2D eigenvalue weighted by molar-refractivity contribution is 6.02. The number of amides is 1. The molecule has 1 aromatic carbocycles. The number of carbonyl (C=O) groups is 4. The highest BCUT2D eigenvalue weighted by atomic mass is 16.6. The van der Waals surface area contributed by atoms with E-state index in [4.69, 9.17) is 18.9 Å². The summed E-state index contributed by atoms with van der Waals surface area (Å²) in [5, 5.41) is 2.85. The van der Waals surface area contributed by atoms with Crippen LogP contribution in [0.1, 0.15) is 93.7 Å². The van der Waals surface area contributed by atoms with Crippen LogP contribution in [0.4, 0.5) is 10.5 Å². The number of rotatable bonds is 11. The molecule has 0 aliphatic carbocycles. The van der Waals surface area contributed by atoms with Crippen molar-refractivity contribution in [3.63, 3.8) is 0 Å². The van der Waals surface area contributed by atoms with Gasteiger partial charge >= 0.3 is 24.0 Å². The number of hydrogen-bond acceptors (Lipinski definition) is 8. The molecule has 0 heterocycles. The van der Waals surface area contributed by atoms with Crippen molar-refractivity contribution in [1.82, 2.24) is 0 Å². The molecule has 0 saturated carbocycles. The van der Waals surface area contributed by atoms with Crippen LogP contribution in [0.25, 0.3) is 5.57 Å². The molecule has 1 aromatic rings. The number of esters is 3. The largest absolute Gasteiger partial charge is 0.466 e. The third-order valence-corrected chi connectivity index (χ3v) is 7.34. The summed E-state index contributed by atoms with van der Waals surface area (Å²) in [5.41, 5.74) is 1.26. The van der Waals surface area contributed by atoms with Gasteiger partial charge in [0.15, 0.2) is 0 Å². The van der Waals surface area contributed by atoms with Crippen molar-refractivity contribution < 1.29 is 38.1 Å². The van der Waals surface area contributed by atoms with Gasteiger partial charge in [0.2, 0.25) is 0 Å². The molecule has 0 aromatic heterocycles. The van der Waals surface area contributed by atoms with E-state index in [0.717, 1.165) is 0 Å². The maximum Gasteiger partial charge on any atom is 0.411 e. The summed E-state index contributed by atoms with van der Waals surface area (Å²) >= 11 is 0. The van der Waals surface area contributed by atoms with Crippen LogP contribution in [-0.2, 0) is 33.3 Å². The normalized spacial score (nSPS) is 13.5. The van der Waals surface area contributed by atoms with Gasteiger partial charge in [0.1, 0.15) is 12.7 Å². The van der Waals surface area contributed by atoms with Crippen molar-refractivity contribution in [2.45, 2.75) is 95.6 Å². The van der Waals surface area contributed by atoms with Gasteiger partial charge in [0.05, 0.1) is 25.2 Å². The first-order valence-electron chi connectivity index (χ1n) is 14.0. The van der Waals surface area contributed by atoms with Gasteiger partial charge in [-0.25, -0.2) is 9.59 Å². The van der Waals surface area contributed by atoms with E-state index >= 15 is 0 Å². The molecule has 230 valence electrons. The molecule has 0 fully saturated rings. The van der Waals surface area contributed by atoms with E-state index in [2.05, 4.69) is 39.9 Å². The summed E-state index contributed by atoms with van der Waals surface area (Å²) in [6.45, 7) is 23.1. The van der Waals surface area contributed by atoms with Crippen molar-refractivity contribution in [2.24, 2.45) is 16.2 Å². The number of nitrogens with one attached hydrogen (secondary N) is 1. The zero-order valence-corrected chi connectivity index (χ0v) is 26.9. The lowest BCUT2D eigenvalue weighted by atomic mass is 9.60. The van der Waals surface area contributed by atoms with Crippen molar-refractivity contribution in [2.75, 3.05) is 25.1 Å². The Balaban J connectivity index is 3.47. The molecule has 1 amide bonds. The lowest BCUT2D eigenvalue weighted by Crippen LogP contribution is -2.50. The molecule has 1 rings (SSSR count). The average molecular weight is 576 g/mol. The summed E-state index contributed by atoms with van der Waals surface area (Å²) in [6, 6.07) is 5.08. The van der Waals surface area contributed by atoms with Crippen LogP contribution in [0, 0.1) is 23.2 Å². The van der Waals surface area contributed by atoms with Crippen LogP contribution >= 0.6 is 0 Å². The quantitative estimate of drug-likeness (QED) is 0.173. The Labute approximate surface area is 245 Å². The third kappa shape index (κ3) is 10.2. The number of benzene rings is 1. The Morgan fingerprint density at radius 1 is 0.878 bits per heavy atom. The molecular formula is C32H49NO8. The van der Waals surface area contributed by atoms with Crippen molar-refractivity contribution in [1.29, 1.82) is 0 Å². The Kier molecular flexibility index (Phi) is 12.6. The summed E-state index contributed by atoms with van der Waals surface area (Å²) in [7, 11) is 0. The smallest absolute Gasteiger partial charge is 0.411 e. The highest BCUT2D eigenvalue weighted by Gasteiger charge is 2.47. The van der Waals surface area contributed by atoms with Crippen molar-refractivity contribution >= 4 is 35.3 Å². The standard InChI is InChI=1S/C32H49NO8/c1-13-38-26(35)18-23(27(36)39-14-2)24(19-40-21(4)34)22-15-16-25(20(3)17-22)33-29(37)41-28(30(5,6)7)32(11,12)31(8,9)10/h15-17,28H,13-14,18-19H2,1-12H3,(H,33,37). The van der Waals surface area contributed by atoms with Crippen LogP contribution in [0.2, 0.25) is 0 Å². The highest BCUT2D eigenvalue weighted by Crippen LogP contribution is 2.48. The van der Waals surface area contributed by atoms with Gasteiger partial charge < -0.3 is 18.9 Å². The van der Waals surface area contributed by atoms with E-state index < -0.39 is 24.0 Å². The van der Waals surface area contributed by atoms with Gasteiger partial charge in [0, 0.05) is 23.6 Å². The number of ether oxygens (including phenoxy) is 4. The molecule has 0 saturated heterocycles. The molecule has 1 N–H and O–H groups in total. The minimum Gasteiger partial charge on any atom is -0.466 e. The second kappa shape index (κ2) is 14.5. The summed E-state index contributed by atoms with van der Waals surface area (Å²) in [6.07, 6.45) is -1.32. The molecule has 0 radical (unpaired) electrons. The van der Waals surface area contributed by atoms with E-state index in [9.17, 15) is 19.2 Å². The summed E-state index contributed by atoms with van der Waals surface area (Å²) in [4.78, 5) is 50.0. The van der Waals surface area contributed by atoms with E-state index in [-0.39, 0.29) is 54.2 Å². The Hall–Kier alpha value is -3.36. The van der Waals surface area contributed by atoms with E-state index in [1.165, 1.54) is 6.92 Å². The first kappa shape index (κ1) is 35.7. The molecular weight excluding hydrogens is 526 g/mol. The summed E-state index contributed by atoms with van der Waals surface area (Å²) in [5.74, 6) is -1.87. The van der Waals surface area contributed by atoms with Gasteiger partial charge in [0.25, 0.3) is 0 Å². The van der Waals surface area contributed by atoms with Gasteiger partial charge in [-0.15, -0.1) is 0 Å². The fraction of sp³-hybridized carbons (Fsp3) is 0.625. The second-order valence-electron chi connectivity index (χ2n) is 12.7. The molecule has 1 atom stereocenters. The Bertz CT molecular complexity index is 1140. The summed E-state index contributed by atoms with van der Waals surface area (Å²) < 4.78 is 21.5. The van der Waals surface area contributed by atoms with Crippen LogP contribution < -0.4 is 5.32 Å². The molecule has 9 heteroatoms. The van der Waals surface area contributed by atoms with Gasteiger partial charge in [-0.2, -0.15) is 0 Å². The van der Waals surface area contributed by atoms with Gasteiger partial charge in [-0.05, 0) is 54.9 Å². The number of aryl methyl sites for hydroxylation is 1. The predicted octanol–water partition coefficient (Wildman–Crippen LogP) is 6.86. The van der Waals surface area contributed by atoms with Crippen LogP contribution in [0.3, 0.4) is 0 Å². The van der Waals surface area contributed by atoms with Crippen molar-refractivity contribution in [3.05, 3.63) is 34.9 Å². The minimum absolute atomic E-state index is 0.0310. The molecule has 9 nitrogen and oxygen atoms in total. The SMILES string of the molecule is CCOC(=O)CC(C(=O)OCC)=C(COC(C)=O)c1ccc(NC(=O)OC(C(C)(C)C)C(C)(C)C(C)(C)C)c(C)c1. The molecule has 0 aliphatic heterocycles. The fourth-order valence-electron chi connectivity index (χ4n) is 4.43. The minimum atomic E-state index is -0.708. The zero-order chi connectivity index (χ0) is 31.8. The van der Waals surface area contributed by atoms with E-state index in [0.29, 0.717) is 22.4 Å². The Morgan fingerprint density at radius 3 is 1.93 bits per heavy atom. The Morgan fingerprint density at radius 2 is 1.46 bits per heavy atom. The number of hydrogen-bond donors (Lipinski definition) is 1. The van der Waals surface area contributed by atoms with Crippen LogP contribution in [0.5, 0.6) is 0 Å². The van der Waals surface area contributed by atoms with Crippen LogP contribution in [-0.4, -0.2) is 49.9 Å². The maximum absolute atomic E-state index is 13.1. The monoisotopic (exact) mass is 575 g/mol. The first-order chi connectivity index (χ1) is 18.8. The third-order valence-electron chi connectivity index (χ3n) is 7.34. The lowest BCUT2D eigenvalue weighted by Gasteiger charge is -2.49. The first-order valence-corrected chi connectivity index (χ1v) is 14.0. The molecule has 0 aliphatic rings. The zero-order valence-electron chi connectivity index (χ0n) is 26.9. The second-order valence-corrected chi connectivity index (χ2v) is 12.7. The van der Waals surface area contributed by atoms with E-state index in [1.807, 2.05) is 20.8 Å². The lowest BCUT2D eigenvalue weighted by molar-refractivity contribution is -0.145. The number of anilines is 1. The predicted molar refractivity (Wildman–Crippen MR) is 159 cm³/mol. The maximum atomic E-state index is 13.1. The van der Waals surface area contributed by atoms with Gasteiger partial charge in [-0.1, -0.05) is 61.5 Å². The van der Waals surface area contributed by atoms with Gasteiger partial charge in [-0.3, -0.25) is 14.9 Å². The molecule has 0 spiro atoms. The fourth-order valence-corrected chi connectivity index (χ4v) is 4.43. The molecule has 41 heavy (non-hydrogen) atoms. The van der Waals surface area contributed by atoms with Crippen molar-refractivity contribution in [3.8, 4) is 0 Å². The molecule has 1 unspecified atom stereocenters. The van der Waals surface area contributed by atoms with E-state index in [1.54, 1.807) is 39.0 Å². The topological polar surface area (TPSA) is 117 Å². The average Bonchev–Trinajstić information content (AvgIpc) is 2.82.